The molecule has 6 nitrogen and oxygen atoms in total. The van der Waals surface area contributed by atoms with E-state index in [0.717, 1.165) is 48.3 Å². The highest BCUT2D eigenvalue weighted by atomic mass is 19.1. The van der Waals surface area contributed by atoms with Crippen LogP contribution in [0.15, 0.2) is 65.8 Å². The molecule has 1 atom stereocenters. The van der Waals surface area contributed by atoms with Crippen molar-refractivity contribution < 1.29 is 14.0 Å². The van der Waals surface area contributed by atoms with Crippen LogP contribution in [0.1, 0.15) is 51.6 Å². The first kappa shape index (κ1) is 25.2. The Bertz CT molecular complexity index is 1270. The molecule has 0 radical (unpaired) electrons. The molecule has 2 aromatic rings. The standard InChI is InChI=1S/C30H35FN4O2/c1-4-30(2,3)29(37)32-20-13-14-26(24(31)19-20)34-15-17-35(18-16-34)27-21-9-5-6-10-22(21)28(36)33-25-12-8-7-11-23(25)27/h5,7-9,11-14,19,27H,4,6,10,15-18H2,1-3H3,(H,32,37)(H,33,36). The molecule has 1 unspecified atom stereocenters. The maximum absolute atomic E-state index is 15.2. The molecule has 2 heterocycles. The number of nitrogens with one attached hydrogen (secondary N) is 2. The average Bonchev–Trinajstić information content (AvgIpc) is 3.03. The van der Waals surface area contributed by atoms with E-state index in [9.17, 15) is 9.59 Å². The van der Waals surface area contributed by atoms with Gasteiger partial charge in [-0.05, 0) is 54.7 Å². The molecule has 2 aromatic carbocycles. The molecule has 7 heteroatoms. The van der Waals surface area contributed by atoms with Gasteiger partial charge in [0.15, 0.2) is 0 Å². The maximum Gasteiger partial charge on any atom is 0.251 e. The summed E-state index contributed by atoms with van der Waals surface area (Å²) in [6.07, 6.45) is 6.58. The number of piperazine rings is 1. The Hall–Kier alpha value is -3.45. The number of benzene rings is 2. The molecule has 0 spiro atoms. The van der Waals surface area contributed by atoms with Crippen molar-refractivity contribution in [2.75, 3.05) is 41.7 Å². The number of nitrogens with zero attached hydrogens (tertiary/aromatic N) is 2. The summed E-state index contributed by atoms with van der Waals surface area (Å²) in [4.78, 5) is 29.9. The monoisotopic (exact) mass is 502 g/mol. The number of rotatable bonds is 5. The van der Waals surface area contributed by atoms with Crippen LogP contribution in [0, 0.1) is 11.2 Å². The summed E-state index contributed by atoms with van der Waals surface area (Å²) in [5.41, 5.74) is 4.40. The van der Waals surface area contributed by atoms with Gasteiger partial charge in [0.1, 0.15) is 5.82 Å². The molecule has 1 fully saturated rings. The largest absolute Gasteiger partial charge is 0.367 e. The summed E-state index contributed by atoms with van der Waals surface area (Å²) >= 11 is 0. The van der Waals surface area contributed by atoms with Crippen molar-refractivity contribution >= 4 is 28.9 Å². The molecule has 37 heavy (non-hydrogen) atoms. The number of carbonyl (C=O) groups excluding carboxylic acids is 2. The number of amides is 2. The lowest BCUT2D eigenvalue weighted by molar-refractivity contribution is -0.124. The highest BCUT2D eigenvalue weighted by Crippen LogP contribution is 2.41. The van der Waals surface area contributed by atoms with E-state index in [2.05, 4.69) is 38.7 Å². The number of anilines is 3. The van der Waals surface area contributed by atoms with Gasteiger partial charge in [0.05, 0.1) is 11.7 Å². The lowest BCUT2D eigenvalue weighted by Crippen LogP contribution is -2.48. The number of hydrogen-bond acceptors (Lipinski definition) is 4. The smallest absolute Gasteiger partial charge is 0.251 e. The SMILES string of the molecule is CCC(C)(C)C(=O)Nc1ccc(N2CCN(C3C4=C(CCC=C4)C(=O)Nc4ccccc43)CC2)c(F)c1. The van der Waals surface area contributed by atoms with Gasteiger partial charge in [-0.3, -0.25) is 14.5 Å². The van der Waals surface area contributed by atoms with Gasteiger partial charge in [0.2, 0.25) is 5.91 Å². The van der Waals surface area contributed by atoms with E-state index in [-0.39, 0.29) is 23.7 Å². The summed E-state index contributed by atoms with van der Waals surface area (Å²) in [5, 5.41) is 5.97. The van der Waals surface area contributed by atoms with E-state index in [1.54, 1.807) is 12.1 Å². The molecule has 5 rings (SSSR count). The quantitative estimate of drug-likeness (QED) is 0.554. The molecule has 2 aliphatic heterocycles. The van der Waals surface area contributed by atoms with Crippen molar-refractivity contribution in [2.45, 2.75) is 46.1 Å². The van der Waals surface area contributed by atoms with Crippen molar-refractivity contribution in [1.82, 2.24) is 4.90 Å². The second-order valence-corrected chi connectivity index (χ2v) is 10.7. The molecule has 0 aromatic heterocycles. The first-order chi connectivity index (χ1) is 17.8. The Morgan fingerprint density at radius 2 is 1.89 bits per heavy atom. The van der Waals surface area contributed by atoms with Gasteiger partial charge in [-0.15, -0.1) is 0 Å². The van der Waals surface area contributed by atoms with E-state index in [1.807, 2.05) is 39.0 Å². The number of fused-ring (bicyclic) bond motifs is 1. The van der Waals surface area contributed by atoms with Crippen LogP contribution in [0.5, 0.6) is 0 Å². The number of hydrogen-bond donors (Lipinski definition) is 2. The van der Waals surface area contributed by atoms with E-state index in [0.29, 0.717) is 30.9 Å². The van der Waals surface area contributed by atoms with Gasteiger partial charge >= 0.3 is 0 Å². The van der Waals surface area contributed by atoms with Crippen molar-refractivity contribution in [3.63, 3.8) is 0 Å². The van der Waals surface area contributed by atoms with E-state index >= 15 is 4.39 Å². The van der Waals surface area contributed by atoms with Crippen LogP contribution in [0.2, 0.25) is 0 Å². The lowest BCUT2D eigenvalue weighted by atomic mass is 9.88. The zero-order valence-corrected chi connectivity index (χ0v) is 21.8. The predicted octanol–water partition coefficient (Wildman–Crippen LogP) is 5.66. The van der Waals surface area contributed by atoms with Crippen molar-refractivity contribution in [3.8, 4) is 0 Å². The minimum Gasteiger partial charge on any atom is -0.367 e. The van der Waals surface area contributed by atoms with Crippen molar-refractivity contribution in [3.05, 3.63) is 77.1 Å². The van der Waals surface area contributed by atoms with Crippen LogP contribution in [0.4, 0.5) is 21.5 Å². The highest BCUT2D eigenvalue weighted by molar-refractivity contribution is 6.06. The molecular weight excluding hydrogens is 467 g/mol. The maximum atomic E-state index is 15.2. The Kier molecular flexibility index (Phi) is 6.90. The minimum atomic E-state index is -0.509. The van der Waals surface area contributed by atoms with E-state index < -0.39 is 5.41 Å². The van der Waals surface area contributed by atoms with Gasteiger partial charge in [0, 0.05) is 48.5 Å². The molecule has 3 aliphatic rings. The Morgan fingerprint density at radius 3 is 2.62 bits per heavy atom. The summed E-state index contributed by atoms with van der Waals surface area (Å²) in [6, 6.07) is 13.0. The van der Waals surface area contributed by atoms with Crippen LogP contribution in [0.25, 0.3) is 0 Å². The van der Waals surface area contributed by atoms with E-state index in [4.69, 9.17) is 0 Å². The van der Waals surface area contributed by atoms with Crippen LogP contribution in [0.3, 0.4) is 0 Å². The molecule has 194 valence electrons. The fraction of sp³-hybridized carbons (Fsp3) is 0.400. The normalized spacial score (nSPS) is 20.2. The third-order valence-electron chi connectivity index (χ3n) is 8.00. The summed E-state index contributed by atoms with van der Waals surface area (Å²) in [6.45, 7) is 8.53. The fourth-order valence-electron chi connectivity index (χ4n) is 5.31. The van der Waals surface area contributed by atoms with Gasteiger partial charge in [0.25, 0.3) is 5.91 Å². The van der Waals surface area contributed by atoms with Gasteiger partial charge < -0.3 is 15.5 Å². The molecule has 0 saturated carbocycles. The van der Waals surface area contributed by atoms with Crippen LogP contribution < -0.4 is 15.5 Å². The van der Waals surface area contributed by atoms with Crippen LogP contribution in [-0.4, -0.2) is 42.9 Å². The Morgan fingerprint density at radius 1 is 1.14 bits per heavy atom. The van der Waals surface area contributed by atoms with E-state index in [1.165, 1.54) is 6.07 Å². The Balaban J connectivity index is 1.34. The first-order valence-corrected chi connectivity index (χ1v) is 13.2. The lowest BCUT2D eigenvalue weighted by Gasteiger charge is -2.41. The van der Waals surface area contributed by atoms with Crippen LogP contribution in [-0.2, 0) is 9.59 Å². The summed E-state index contributed by atoms with van der Waals surface area (Å²) in [5.74, 6) is -0.460. The summed E-state index contributed by atoms with van der Waals surface area (Å²) < 4.78 is 15.2. The predicted molar refractivity (Wildman–Crippen MR) is 146 cm³/mol. The topological polar surface area (TPSA) is 64.7 Å². The number of para-hydroxylation sites is 1. The Labute approximate surface area is 218 Å². The van der Waals surface area contributed by atoms with Crippen LogP contribution >= 0.6 is 0 Å². The highest BCUT2D eigenvalue weighted by Gasteiger charge is 2.35. The molecule has 1 saturated heterocycles. The van der Waals surface area contributed by atoms with Gasteiger partial charge in [-0.1, -0.05) is 51.1 Å². The minimum absolute atomic E-state index is 0.00971. The number of halogens is 1. The second-order valence-electron chi connectivity index (χ2n) is 10.7. The third kappa shape index (κ3) is 4.92. The van der Waals surface area contributed by atoms with Crippen molar-refractivity contribution in [1.29, 1.82) is 0 Å². The molecule has 2 N–H and O–H groups in total. The molecule has 0 bridgehead atoms. The fourth-order valence-corrected chi connectivity index (χ4v) is 5.31. The number of allylic oxidation sites excluding steroid dienone is 1. The zero-order chi connectivity index (χ0) is 26.2. The number of carbonyl (C=O) groups is 2. The molecular formula is C30H35FN4O2. The first-order valence-electron chi connectivity index (χ1n) is 13.2. The third-order valence-corrected chi connectivity index (χ3v) is 8.00. The molecule has 1 aliphatic carbocycles. The average molecular weight is 503 g/mol. The molecule has 2 amide bonds. The summed E-state index contributed by atoms with van der Waals surface area (Å²) in [7, 11) is 0. The van der Waals surface area contributed by atoms with Crippen molar-refractivity contribution in [2.24, 2.45) is 5.41 Å². The van der Waals surface area contributed by atoms with Gasteiger partial charge in [-0.2, -0.15) is 0 Å². The van der Waals surface area contributed by atoms with Gasteiger partial charge in [-0.25, -0.2) is 4.39 Å². The zero-order valence-electron chi connectivity index (χ0n) is 21.8. The second kappa shape index (κ2) is 10.1.